The van der Waals surface area contributed by atoms with Crippen molar-refractivity contribution < 1.29 is 0 Å². The van der Waals surface area contributed by atoms with Crippen molar-refractivity contribution in [2.24, 2.45) is 12.0 Å². The lowest BCUT2D eigenvalue weighted by Gasteiger charge is -2.41. The second-order valence-electron chi connectivity index (χ2n) is 8.11. The van der Waals surface area contributed by atoms with Crippen molar-refractivity contribution in [3.63, 3.8) is 0 Å². The molecule has 3 heterocycles. The highest BCUT2D eigenvalue weighted by atomic mass is 127. The zero-order chi connectivity index (χ0) is 20.1. The van der Waals surface area contributed by atoms with Gasteiger partial charge < -0.3 is 14.8 Å². The molecule has 0 amide bonds. The first kappa shape index (κ1) is 23.5. The maximum Gasteiger partial charge on any atom is 0.194 e. The van der Waals surface area contributed by atoms with Gasteiger partial charge in [-0.2, -0.15) is 0 Å². The number of halogens is 1. The van der Waals surface area contributed by atoms with E-state index >= 15 is 0 Å². The number of aromatic nitrogens is 3. The van der Waals surface area contributed by atoms with Gasteiger partial charge in [0.15, 0.2) is 11.8 Å². The average Bonchev–Trinajstić information content (AvgIpc) is 3.40. The molecule has 9 heteroatoms. The van der Waals surface area contributed by atoms with Gasteiger partial charge in [-0.1, -0.05) is 25.3 Å². The molecular weight excluding hydrogens is 509 g/mol. The summed E-state index contributed by atoms with van der Waals surface area (Å²) in [5.74, 6) is 2.81. The summed E-state index contributed by atoms with van der Waals surface area (Å²) in [4.78, 5) is 11.4. The van der Waals surface area contributed by atoms with E-state index in [1.54, 1.807) is 11.3 Å². The lowest BCUT2D eigenvalue weighted by atomic mass is 9.94. The van der Waals surface area contributed by atoms with Crippen LogP contribution in [0, 0.1) is 6.92 Å². The Balaban J connectivity index is 0.00000256. The Kier molecular flexibility index (Phi) is 8.94. The summed E-state index contributed by atoms with van der Waals surface area (Å²) in [6, 6.07) is 5.07. The summed E-state index contributed by atoms with van der Waals surface area (Å²) < 4.78 is 2.02. The Morgan fingerprint density at radius 1 is 1.17 bits per heavy atom. The molecule has 1 aliphatic carbocycles. The molecule has 2 aliphatic rings. The summed E-state index contributed by atoms with van der Waals surface area (Å²) in [5, 5.41) is 14.1. The largest absolute Gasteiger partial charge is 0.351 e. The van der Waals surface area contributed by atoms with Crippen LogP contribution in [0.15, 0.2) is 22.5 Å². The SMILES string of the molecule is Cc1nnc(CN=C(NCc2cccs2)N2CCN(C3CCCCC3)CC2)n1C.I. The number of hydrogen-bond acceptors (Lipinski definition) is 5. The molecule has 30 heavy (non-hydrogen) atoms. The van der Waals surface area contributed by atoms with E-state index in [0.717, 1.165) is 56.4 Å². The predicted molar refractivity (Wildman–Crippen MR) is 133 cm³/mol. The number of guanidine groups is 1. The molecule has 0 spiro atoms. The molecule has 2 aromatic rings. The molecule has 4 rings (SSSR count). The summed E-state index contributed by atoms with van der Waals surface area (Å²) in [6.45, 7) is 7.67. The van der Waals surface area contributed by atoms with Gasteiger partial charge in [0.05, 0.1) is 6.54 Å². The van der Waals surface area contributed by atoms with Crippen LogP contribution in [0.1, 0.15) is 48.6 Å². The van der Waals surface area contributed by atoms with Gasteiger partial charge in [0, 0.05) is 44.1 Å². The minimum absolute atomic E-state index is 0. The third-order valence-corrected chi connectivity index (χ3v) is 7.14. The Bertz CT molecular complexity index is 790. The van der Waals surface area contributed by atoms with Gasteiger partial charge in [0.2, 0.25) is 0 Å². The van der Waals surface area contributed by atoms with Crippen LogP contribution in [-0.2, 0) is 20.1 Å². The molecule has 0 atom stereocenters. The van der Waals surface area contributed by atoms with Crippen LogP contribution in [0.2, 0.25) is 0 Å². The number of piperazine rings is 1. The van der Waals surface area contributed by atoms with E-state index in [1.165, 1.54) is 37.0 Å². The maximum absolute atomic E-state index is 4.92. The zero-order valence-electron chi connectivity index (χ0n) is 18.1. The summed E-state index contributed by atoms with van der Waals surface area (Å²) in [5.41, 5.74) is 0. The second-order valence-corrected chi connectivity index (χ2v) is 9.14. The summed E-state index contributed by atoms with van der Waals surface area (Å²) >= 11 is 1.78. The van der Waals surface area contributed by atoms with Crippen LogP contribution in [0.3, 0.4) is 0 Å². The minimum atomic E-state index is 0. The summed E-state index contributed by atoms with van der Waals surface area (Å²) in [7, 11) is 2.00. The molecule has 1 saturated heterocycles. The highest BCUT2D eigenvalue weighted by molar-refractivity contribution is 14.0. The molecule has 2 fully saturated rings. The van der Waals surface area contributed by atoms with Crippen LogP contribution in [0.4, 0.5) is 0 Å². The number of aliphatic imine (C=N–C) groups is 1. The first-order valence-electron chi connectivity index (χ1n) is 10.9. The van der Waals surface area contributed by atoms with Gasteiger partial charge in [-0.15, -0.1) is 45.5 Å². The third kappa shape index (κ3) is 5.94. The van der Waals surface area contributed by atoms with Crippen LogP contribution < -0.4 is 5.32 Å². The predicted octanol–water partition coefficient (Wildman–Crippen LogP) is 3.40. The Hall–Kier alpha value is -1.20. The first-order chi connectivity index (χ1) is 14.2. The van der Waals surface area contributed by atoms with Crippen molar-refractivity contribution >= 4 is 41.3 Å². The molecule has 0 unspecified atom stereocenters. The van der Waals surface area contributed by atoms with Crippen LogP contribution in [0.25, 0.3) is 0 Å². The van der Waals surface area contributed by atoms with E-state index in [4.69, 9.17) is 4.99 Å². The third-order valence-electron chi connectivity index (χ3n) is 6.26. The minimum Gasteiger partial charge on any atom is -0.351 e. The highest BCUT2D eigenvalue weighted by Crippen LogP contribution is 2.23. The number of thiophene rings is 1. The highest BCUT2D eigenvalue weighted by Gasteiger charge is 2.26. The number of nitrogens with zero attached hydrogens (tertiary/aromatic N) is 6. The van der Waals surface area contributed by atoms with Crippen molar-refractivity contribution in [1.82, 2.24) is 29.9 Å². The molecule has 0 radical (unpaired) electrons. The van der Waals surface area contributed by atoms with E-state index in [-0.39, 0.29) is 24.0 Å². The molecule has 2 aromatic heterocycles. The summed E-state index contributed by atoms with van der Waals surface area (Å²) in [6.07, 6.45) is 6.97. The Labute approximate surface area is 201 Å². The van der Waals surface area contributed by atoms with Gasteiger partial charge in [0.25, 0.3) is 0 Å². The maximum atomic E-state index is 4.92. The molecule has 166 valence electrons. The second kappa shape index (κ2) is 11.4. The van der Waals surface area contributed by atoms with E-state index < -0.39 is 0 Å². The fourth-order valence-electron chi connectivity index (χ4n) is 4.33. The fraction of sp³-hybridized carbons (Fsp3) is 0.667. The van der Waals surface area contributed by atoms with Gasteiger partial charge in [-0.05, 0) is 31.2 Å². The van der Waals surface area contributed by atoms with E-state index in [1.807, 2.05) is 18.5 Å². The quantitative estimate of drug-likeness (QED) is 0.356. The molecule has 1 N–H and O–H groups in total. The number of aryl methyl sites for hydroxylation is 1. The molecule has 1 saturated carbocycles. The number of rotatable bonds is 5. The van der Waals surface area contributed by atoms with E-state index in [2.05, 4.69) is 42.8 Å². The van der Waals surface area contributed by atoms with Crippen LogP contribution >= 0.6 is 35.3 Å². The molecular formula is C21H34IN7S. The van der Waals surface area contributed by atoms with Crippen molar-refractivity contribution in [3.05, 3.63) is 34.0 Å². The molecule has 0 bridgehead atoms. The first-order valence-corrected chi connectivity index (χ1v) is 11.7. The Morgan fingerprint density at radius 3 is 2.57 bits per heavy atom. The van der Waals surface area contributed by atoms with Gasteiger partial charge in [-0.3, -0.25) is 4.90 Å². The van der Waals surface area contributed by atoms with Gasteiger partial charge in [0.1, 0.15) is 12.4 Å². The molecule has 1 aliphatic heterocycles. The van der Waals surface area contributed by atoms with E-state index in [9.17, 15) is 0 Å². The van der Waals surface area contributed by atoms with Crippen molar-refractivity contribution in [2.45, 2.75) is 58.2 Å². The normalized spacial score (nSPS) is 19.0. The fourth-order valence-corrected chi connectivity index (χ4v) is 4.97. The lowest BCUT2D eigenvalue weighted by Crippen LogP contribution is -2.54. The lowest BCUT2D eigenvalue weighted by molar-refractivity contribution is 0.106. The van der Waals surface area contributed by atoms with Crippen molar-refractivity contribution in [1.29, 1.82) is 0 Å². The van der Waals surface area contributed by atoms with Crippen LogP contribution in [-0.4, -0.2) is 62.7 Å². The van der Waals surface area contributed by atoms with Crippen molar-refractivity contribution in [2.75, 3.05) is 26.2 Å². The number of nitrogens with one attached hydrogen (secondary N) is 1. The zero-order valence-corrected chi connectivity index (χ0v) is 21.2. The smallest absolute Gasteiger partial charge is 0.194 e. The molecule has 7 nitrogen and oxygen atoms in total. The average molecular weight is 544 g/mol. The monoisotopic (exact) mass is 543 g/mol. The van der Waals surface area contributed by atoms with E-state index in [0.29, 0.717) is 6.54 Å². The van der Waals surface area contributed by atoms with Crippen LogP contribution in [0.5, 0.6) is 0 Å². The van der Waals surface area contributed by atoms with Gasteiger partial charge in [-0.25, -0.2) is 4.99 Å². The Morgan fingerprint density at radius 2 is 1.93 bits per heavy atom. The molecule has 0 aromatic carbocycles. The number of hydrogen-bond donors (Lipinski definition) is 1. The topological polar surface area (TPSA) is 61.6 Å². The standard InChI is InChI=1S/C21H33N7S.HI/c1-17-24-25-20(26(17)2)16-23-21(22-15-19-9-6-14-29-19)28-12-10-27(11-13-28)18-7-4-3-5-8-18;/h6,9,14,18H,3-5,7-8,10-13,15-16H2,1-2H3,(H,22,23);1H. The van der Waals surface area contributed by atoms with Gasteiger partial charge >= 0.3 is 0 Å². The van der Waals surface area contributed by atoms with Crippen molar-refractivity contribution in [3.8, 4) is 0 Å².